The summed E-state index contributed by atoms with van der Waals surface area (Å²) in [6.07, 6.45) is 1.06. The lowest BCUT2D eigenvalue weighted by atomic mass is 10.1. The quantitative estimate of drug-likeness (QED) is 0.364. The third kappa shape index (κ3) is 7.81. The van der Waals surface area contributed by atoms with Crippen LogP contribution in [0.5, 0.6) is 11.5 Å². The van der Waals surface area contributed by atoms with E-state index in [0.717, 1.165) is 12.8 Å². The molecule has 0 radical (unpaired) electrons. The van der Waals surface area contributed by atoms with Crippen molar-refractivity contribution in [3.8, 4) is 11.5 Å². The van der Waals surface area contributed by atoms with E-state index in [1.54, 1.807) is 19.1 Å². The van der Waals surface area contributed by atoms with Crippen LogP contribution in [-0.4, -0.2) is 37.2 Å². The molecule has 0 bridgehead atoms. The van der Waals surface area contributed by atoms with E-state index in [2.05, 4.69) is 0 Å². The molecule has 2 atom stereocenters. The number of rotatable bonds is 11. The van der Waals surface area contributed by atoms with Crippen molar-refractivity contribution in [1.82, 2.24) is 0 Å². The van der Waals surface area contributed by atoms with E-state index in [0.29, 0.717) is 36.2 Å². The molecule has 0 unspecified atom stereocenters. The summed E-state index contributed by atoms with van der Waals surface area (Å²) >= 11 is 0. The molecule has 0 N–H and O–H groups in total. The van der Waals surface area contributed by atoms with Crippen LogP contribution in [0.2, 0.25) is 0 Å². The molecule has 2 aromatic carbocycles. The maximum absolute atomic E-state index is 12.4. The first-order chi connectivity index (χ1) is 15.3. The monoisotopic (exact) mass is 442 g/mol. The summed E-state index contributed by atoms with van der Waals surface area (Å²) in [6.45, 7) is 8.46. The SMILES string of the molecule is CCCO[C@@H](C)C(=O)Oc1ccc(C(=O)Oc2ccc(C(=O)OC[C@@H](C)CC)cc2)cc1. The van der Waals surface area contributed by atoms with E-state index in [9.17, 15) is 14.4 Å². The molecule has 7 nitrogen and oxygen atoms in total. The molecule has 2 rings (SSSR count). The van der Waals surface area contributed by atoms with Gasteiger partial charge in [0.1, 0.15) is 11.5 Å². The van der Waals surface area contributed by atoms with Crippen molar-refractivity contribution < 1.29 is 33.3 Å². The molecule has 172 valence electrons. The fourth-order valence-corrected chi connectivity index (χ4v) is 2.47. The van der Waals surface area contributed by atoms with Gasteiger partial charge in [0.2, 0.25) is 0 Å². The summed E-state index contributed by atoms with van der Waals surface area (Å²) in [5.74, 6) is -0.592. The Morgan fingerprint density at radius 1 is 0.781 bits per heavy atom. The Kier molecular flexibility index (Phi) is 9.88. The number of carbonyl (C=O) groups is 3. The van der Waals surface area contributed by atoms with Gasteiger partial charge in [0.05, 0.1) is 17.7 Å². The smallest absolute Gasteiger partial charge is 0.343 e. The number of hydrogen-bond donors (Lipinski definition) is 0. The predicted molar refractivity (Wildman–Crippen MR) is 119 cm³/mol. The van der Waals surface area contributed by atoms with Crippen molar-refractivity contribution in [2.45, 2.75) is 46.6 Å². The molecule has 0 heterocycles. The van der Waals surface area contributed by atoms with Crippen molar-refractivity contribution in [3.63, 3.8) is 0 Å². The second-order valence-corrected chi connectivity index (χ2v) is 7.48. The third-order valence-corrected chi connectivity index (χ3v) is 4.71. The van der Waals surface area contributed by atoms with E-state index in [1.807, 2.05) is 20.8 Å². The maximum Gasteiger partial charge on any atom is 0.343 e. The average molecular weight is 443 g/mol. The Bertz CT molecular complexity index is 888. The van der Waals surface area contributed by atoms with Gasteiger partial charge in [0.25, 0.3) is 0 Å². The van der Waals surface area contributed by atoms with Crippen molar-refractivity contribution >= 4 is 17.9 Å². The van der Waals surface area contributed by atoms with Crippen LogP contribution < -0.4 is 9.47 Å². The fourth-order valence-electron chi connectivity index (χ4n) is 2.47. The van der Waals surface area contributed by atoms with E-state index in [1.165, 1.54) is 36.4 Å². The molecule has 0 saturated carbocycles. The minimum absolute atomic E-state index is 0.289. The average Bonchev–Trinajstić information content (AvgIpc) is 2.81. The Labute approximate surface area is 188 Å². The number of ether oxygens (including phenoxy) is 4. The van der Waals surface area contributed by atoms with Crippen molar-refractivity contribution in [1.29, 1.82) is 0 Å². The normalized spacial score (nSPS) is 12.5. The Morgan fingerprint density at radius 3 is 1.84 bits per heavy atom. The van der Waals surface area contributed by atoms with E-state index in [-0.39, 0.29) is 5.56 Å². The highest BCUT2D eigenvalue weighted by Crippen LogP contribution is 2.18. The van der Waals surface area contributed by atoms with Gasteiger partial charge in [-0.1, -0.05) is 27.2 Å². The second kappa shape index (κ2) is 12.6. The van der Waals surface area contributed by atoms with Crippen LogP contribution in [0.1, 0.15) is 61.3 Å². The first kappa shape index (κ1) is 25.1. The highest BCUT2D eigenvalue weighted by molar-refractivity contribution is 5.92. The summed E-state index contributed by atoms with van der Waals surface area (Å²) in [5, 5.41) is 0. The fraction of sp³-hybridized carbons (Fsp3) is 0.400. The predicted octanol–water partition coefficient (Wildman–Crippen LogP) is 4.83. The topological polar surface area (TPSA) is 88.1 Å². The Morgan fingerprint density at radius 2 is 1.31 bits per heavy atom. The molecule has 32 heavy (non-hydrogen) atoms. The van der Waals surface area contributed by atoms with Gasteiger partial charge in [-0.05, 0) is 67.8 Å². The van der Waals surface area contributed by atoms with E-state index >= 15 is 0 Å². The summed E-state index contributed by atoms with van der Waals surface area (Å²) in [7, 11) is 0. The Hall–Kier alpha value is -3.19. The molecule has 0 saturated heterocycles. The van der Waals surface area contributed by atoms with Crippen LogP contribution in [0, 0.1) is 5.92 Å². The molecule has 0 fully saturated rings. The lowest BCUT2D eigenvalue weighted by Gasteiger charge is -2.12. The molecular formula is C25H30O7. The first-order valence-corrected chi connectivity index (χ1v) is 10.8. The van der Waals surface area contributed by atoms with Gasteiger partial charge in [-0.2, -0.15) is 0 Å². The number of benzene rings is 2. The summed E-state index contributed by atoms with van der Waals surface area (Å²) < 4.78 is 21.2. The van der Waals surface area contributed by atoms with Crippen molar-refractivity contribution in [2.24, 2.45) is 5.92 Å². The van der Waals surface area contributed by atoms with E-state index < -0.39 is 24.0 Å². The van der Waals surface area contributed by atoms with Gasteiger partial charge in [-0.25, -0.2) is 14.4 Å². The maximum atomic E-state index is 12.4. The molecule has 0 aliphatic carbocycles. The molecule has 7 heteroatoms. The minimum atomic E-state index is -0.671. The highest BCUT2D eigenvalue weighted by atomic mass is 16.6. The van der Waals surface area contributed by atoms with Gasteiger partial charge in [0, 0.05) is 6.61 Å². The number of hydrogen-bond acceptors (Lipinski definition) is 7. The summed E-state index contributed by atoms with van der Waals surface area (Å²) in [6, 6.07) is 12.2. The van der Waals surface area contributed by atoms with Crippen LogP contribution in [0.4, 0.5) is 0 Å². The van der Waals surface area contributed by atoms with Crippen LogP contribution in [0.15, 0.2) is 48.5 Å². The molecule has 2 aromatic rings. The zero-order chi connectivity index (χ0) is 23.5. The van der Waals surface area contributed by atoms with Gasteiger partial charge >= 0.3 is 17.9 Å². The second-order valence-electron chi connectivity index (χ2n) is 7.48. The Balaban J connectivity index is 1.89. The summed E-state index contributed by atoms with van der Waals surface area (Å²) in [5.41, 5.74) is 0.675. The van der Waals surface area contributed by atoms with Crippen LogP contribution >= 0.6 is 0 Å². The largest absolute Gasteiger partial charge is 0.462 e. The zero-order valence-electron chi connectivity index (χ0n) is 19.0. The first-order valence-electron chi connectivity index (χ1n) is 10.8. The number of esters is 3. The minimum Gasteiger partial charge on any atom is -0.462 e. The standard InChI is InChI=1S/C25H30O7/c1-5-15-29-18(4)23(26)31-21-13-9-20(10-14-21)25(28)32-22-11-7-19(8-12-22)24(27)30-16-17(3)6-2/h7-14,17-18H,5-6,15-16H2,1-4H3/t17-,18-/m0/s1. The van der Waals surface area contributed by atoms with E-state index in [4.69, 9.17) is 18.9 Å². The molecule has 0 amide bonds. The lowest BCUT2D eigenvalue weighted by molar-refractivity contribution is -0.146. The van der Waals surface area contributed by atoms with Gasteiger partial charge < -0.3 is 18.9 Å². The highest BCUT2D eigenvalue weighted by Gasteiger charge is 2.16. The van der Waals surface area contributed by atoms with Gasteiger partial charge in [0.15, 0.2) is 6.10 Å². The van der Waals surface area contributed by atoms with Gasteiger partial charge in [-0.3, -0.25) is 0 Å². The summed E-state index contributed by atoms with van der Waals surface area (Å²) in [4.78, 5) is 36.4. The molecule has 0 aromatic heterocycles. The van der Waals surface area contributed by atoms with Crippen LogP contribution in [0.25, 0.3) is 0 Å². The molecule has 0 aliphatic rings. The van der Waals surface area contributed by atoms with Crippen molar-refractivity contribution in [2.75, 3.05) is 13.2 Å². The van der Waals surface area contributed by atoms with Crippen LogP contribution in [0.3, 0.4) is 0 Å². The molecule has 0 spiro atoms. The molecule has 0 aliphatic heterocycles. The lowest BCUT2D eigenvalue weighted by Crippen LogP contribution is -2.26. The number of carbonyl (C=O) groups excluding carboxylic acids is 3. The third-order valence-electron chi connectivity index (χ3n) is 4.71. The zero-order valence-corrected chi connectivity index (χ0v) is 19.0. The molecular weight excluding hydrogens is 412 g/mol. The van der Waals surface area contributed by atoms with Crippen LogP contribution in [-0.2, 0) is 14.3 Å². The van der Waals surface area contributed by atoms with Gasteiger partial charge in [-0.15, -0.1) is 0 Å². The van der Waals surface area contributed by atoms with Crippen molar-refractivity contribution in [3.05, 3.63) is 59.7 Å².